The van der Waals surface area contributed by atoms with Gasteiger partial charge >= 0.3 is 0 Å². The number of nitrogens with one attached hydrogen (secondary N) is 1. The molecule has 2 fully saturated rings. The highest BCUT2D eigenvalue weighted by molar-refractivity contribution is 8.00. The number of primary amides is 1. The predicted octanol–water partition coefficient (Wildman–Crippen LogP) is 2.77. The first-order valence-electron chi connectivity index (χ1n) is 10.3. The van der Waals surface area contributed by atoms with Crippen molar-refractivity contribution >= 4 is 23.6 Å². The van der Waals surface area contributed by atoms with E-state index in [-0.39, 0.29) is 6.61 Å². The van der Waals surface area contributed by atoms with E-state index in [9.17, 15) is 4.79 Å². The summed E-state index contributed by atoms with van der Waals surface area (Å²) < 4.78 is 5.81. The Morgan fingerprint density at radius 2 is 2.18 bits per heavy atom. The molecule has 154 valence electrons. The molecular weight excluding hydrogens is 372 g/mol. The van der Waals surface area contributed by atoms with Crippen LogP contribution < -0.4 is 15.8 Å². The molecule has 1 aliphatic carbocycles. The van der Waals surface area contributed by atoms with Crippen molar-refractivity contribution in [2.45, 2.75) is 50.3 Å². The molecule has 0 radical (unpaired) electrons. The molecule has 0 bridgehead atoms. The number of nitrogens with two attached hydrogens (primary N) is 1. The standard InChI is InChI=1S/C21H32N4O2S/c1-2-23-20(25-11-12-28-21(16-25)9-4-3-5-10-21)24-14-17-7-6-8-18(13-17)27-15-19(22)26/h6-8,13H,2-5,9-12,14-16H2,1H3,(H2,22,26)(H,23,24). The fraction of sp³-hybridized carbons (Fsp3) is 0.619. The minimum absolute atomic E-state index is 0.108. The maximum Gasteiger partial charge on any atom is 0.255 e. The number of ether oxygens (including phenoxy) is 1. The summed E-state index contributed by atoms with van der Waals surface area (Å²) in [5.41, 5.74) is 6.20. The van der Waals surface area contributed by atoms with Gasteiger partial charge in [-0.3, -0.25) is 4.79 Å². The van der Waals surface area contributed by atoms with E-state index in [1.54, 1.807) is 0 Å². The summed E-state index contributed by atoms with van der Waals surface area (Å²) in [6.07, 6.45) is 6.74. The van der Waals surface area contributed by atoms with Crippen LogP contribution in [0, 0.1) is 0 Å². The number of rotatable bonds is 6. The van der Waals surface area contributed by atoms with E-state index in [2.05, 4.69) is 28.9 Å². The van der Waals surface area contributed by atoms with Gasteiger partial charge in [-0.2, -0.15) is 11.8 Å². The molecule has 1 saturated heterocycles. The summed E-state index contributed by atoms with van der Waals surface area (Å²) in [5, 5.41) is 3.47. The third kappa shape index (κ3) is 5.80. The van der Waals surface area contributed by atoms with Crippen LogP contribution in [-0.2, 0) is 11.3 Å². The van der Waals surface area contributed by atoms with Crippen molar-refractivity contribution in [3.8, 4) is 5.75 Å². The van der Waals surface area contributed by atoms with Gasteiger partial charge in [0.25, 0.3) is 5.91 Å². The average molecular weight is 405 g/mol. The second kappa shape index (κ2) is 10.0. The van der Waals surface area contributed by atoms with Crippen LogP contribution in [0.5, 0.6) is 5.75 Å². The maximum absolute atomic E-state index is 10.9. The van der Waals surface area contributed by atoms with Crippen molar-refractivity contribution in [3.05, 3.63) is 29.8 Å². The van der Waals surface area contributed by atoms with Crippen molar-refractivity contribution in [1.29, 1.82) is 0 Å². The number of carbonyl (C=O) groups excluding carboxylic acids is 1. The highest BCUT2D eigenvalue weighted by Crippen LogP contribution is 2.42. The Morgan fingerprint density at radius 3 is 2.93 bits per heavy atom. The lowest BCUT2D eigenvalue weighted by atomic mass is 9.87. The van der Waals surface area contributed by atoms with Gasteiger partial charge in [0.05, 0.1) is 6.54 Å². The van der Waals surface area contributed by atoms with Crippen LogP contribution >= 0.6 is 11.8 Å². The topological polar surface area (TPSA) is 80.0 Å². The molecule has 1 aromatic carbocycles. The lowest BCUT2D eigenvalue weighted by Crippen LogP contribution is -2.53. The molecule has 6 nitrogen and oxygen atoms in total. The minimum Gasteiger partial charge on any atom is -0.484 e. The number of benzene rings is 1. The average Bonchev–Trinajstić information content (AvgIpc) is 2.70. The van der Waals surface area contributed by atoms with Gasteiger partial charge in [0.15, 0.2) is 12.6 Å². The van der Waals surface area contributed by atoms with Gasteiger partial charge in [-0.1, -0.05) is 31.4 Å². The van der Waals surface area contributed by atoms with Gasteiger partial charge < -0.3 is 20.7 Å². The number of thioether (sulfide) groups is 1. The summed E-state index contributed by atoms with van der Waals surface area (Å²) in [6.45, 7) is 5.57. The quantitative estimate of drug-likeness (QED) is 0.563. The molecule has 1 amide bonds. The van der Waals surface area contributed by atoms with E-state index in [0.717, 1.165) is 31.2 Å². The Bertz CT molecular complexity index is 683. The molecule has 1 saturated carbocycles. The molecule has 1 aliphatic heterocycles. The van der Waals surface area contributed by atoms with Crippen molar-refractivity contribution in [3.63, 3.8) is 0 Å². The molecule has 3 rings (SSSR count). The lowest BCUT2D eigenvalue weighted by molar-refractivity contribution is -0.119. The molecule has 2 aliphatic rings. The van der Waals surface area contributed by atoms with Gasteiger partial charge in [0.2, 0.25) is 0 Å². The number of aliphatic imine (C=N–C) groups is 1. The van der Waals surface area contributed by atoms with E-state index in [0.29, 0.717) is 17.0 Å². The number of carbonyl (C=O) groups is 1. The fourth-order valence-corrected chi connectivity index (χ4v) is 5.57. The second-order valence-corrected chi connectivity index (χ2v) is 9.15. The molecule has 0 aromatic heterocycles. The maximum atomic E-state index is 10.9. The van der Waals surface area contributed by atoms with E-state index < -0.39 is 5.91 Å². The third-order valence-corrected chi connectivity index (χ3v) is 6.88. The largest absolute Gasteiger partial charge is 0.484 e. The summed E-state index contributed by atoms with van der Waals surface area (Å²) in [4.78, 5) is 18.2. The normalized spacial score (nSPS) is 19.5. The summed E-state index contributed by atoms with van der Waals surface area (Å²) >= 11 is 2.17. The molecule has 28 heavy (non-hydrogen) atoms. The molecule has 1 aromatic rings. The van der Waals surface area contributed by atoms with Gasteiger partial charge in [-0.05, 0) is 37.5 Å². The first-order valence-corrected chi connectivity index (χ1v) is 11.3. The van der Waals surface area contributed by atoms with Crippen LogP contribution in [0.3, 0.4) is 0 Å². The molecule has 1 spiro atoms. The number of hydrogen-bond acceptors (Lipinski definition) is 4. The summed E-state index contributed by atoms with van der Waals surface area (Å²) in [5.74, 6) is 2.33. The van der Waals surface area contributed by atoms with Crippen molar-refractivity contribution in [2.24, 2.45) is 10.7 Å². The SMILES string of the molecule is CCNC(=NCc1cccc(OCC(N)=O)c1)N1CCSC2(CCCCC2)C1. The van der Waals surface area contributed by atoms with E-state index >= 15 is 0 Å². The molecule has 3 N–H and O–H groups in total. The second-order valence-electron chi connectivity index (χ2n) is 7.59. The number of guanidine groups is 1. The van der Waals surface area contributed by atoms with Crippen LogP contribution in [-0.4, -0.2) is 53.5 Å². The predicted molar refractivity (Wildman–Crippen MR) is 116 cm³/mol. The molecule has 7 heteroatoms. The number of amides is 1. The van der Waals surface area contributed by atoms with Crippen LogP contribution in [0.25, 0.3) is 0 Å². The van der Waals surface area contributed by atoms with E-state index in [4.69, 9.17) is 15.5 Å². The zero-order valence-electron chi connectivity index (χ0n) is 16.8. The van der Waals surface area contributed by atoms with Crippen molar-refractivity contribution < 1.29 is 9.53 Å². The van der Waals surface area contributed by atoms with Gasteiger partial charge in [-0.15, -0.1) is 0 Å². The summed E-state index contributed by atoms with van der Waals surface area (Å²) in [6, 6.07) is 7.70. The number of nitrogens with zero attached hydrogens (tertiary/aromatic N) is 2. The molecule has 0 atom stereocenters. The Balaban J connectivity index is 1.67. The highest BCUT2D eigenvalue weighted by Gasteiger charge is 2.38. The van der Waals surface area contributed by atoms with E-state index in [1.165, 1.54) is 37.9 Å². The van der Waals surface area contributed by atoms with Crippen LogP contribution in [0.1, 0.15) is 44.6 Å². The highest BCUT2D eigenvalue weighted by atomic mass is 32.2. The van der Waals surface area contributed by atoms with Crippen LogP contribution in [0.2, 0.25) is 0 Å². The third-order valence-electron chi connectivity index (χ3n) is 5.34. The Kier molecular flexibility index (Phi) is 7.48. The Labute approximate surface area is 172 Å². The number of hydrogen-bond donors (Lipinski definition) is 2. The van der Waals surface area contributed by atoms with Crippen molar-refractivity contribution in [2.75, 3.05) is 32.0 Å². The summed E-state index contributed by atoms with van der Waals surface area (Å²) in [7, 11) is 0. The molecule has 0 unspecified atom stereocenters. The van der Waals surface area contributed by atoms with Gasteiger partial charge in [0, 0.05) is 30.1 Å². The smallest absolute Gasteiger partial charge is 0.255 e. The first-order chi connectivity index (χ1) is 13.6. The van der Waals surface area contributed by atoms with Crippen LogP contribution in [0.15, 0.2) is 29.3 Å². The minimum atomic E-state index is -0.475. The van der Waals surface area contributed by atoms with Crippen LogP contribution in [0.4, 0.5) is 0 Å². The van der Waals surface area contributed by atoms with Crippen molar-refractivity contribution in [1.82, 2.24) is 10.2 Å². The van der Waals surface area contributed by atoms with E-state index in [1.807, 2.05) is 24.3 Å². The molecular formula is C21H32N4O2S. The zero-order chi connectivity index (χ0) is 19.8. The Morgan fingerprint density at radius 1 is 1.36 bits per heavy atom. The van der Waals surface area contributed by atoms with Gasteiger partial charge in [0.1, 0.15) is 5.75 Å². The first kappa shape index (κ1) is 20.8. The van der Waals surface area contributed by atoms with Gasteiger partial charge in [-0.25, -0.2) is 4.99 Å². The molecule has 1 heterocycles. The Hall–Kier alpha value is -1.89. The lowest BCUT2D eigenvalue weighted by Gasteiger charge is -2.45. The zero-order valence-corrected chi connectivity index (χ0v) is 17.6. The fourth-order valence-electron chi connectivity index (χ4n) is 4.00. The monoisotopic (exact) mass is 404 g/mol.